The Balaban J connectivity index is 4.00. The summed E-state index contributed by atoms with van der Waals surface area (Å²) < 4.78 is 34.8. The van der Waals surface area contributed by atoms with Gasteiger partial charge in [0.05, 0.1) is 27.7 Å². The lowest BCUT2D eigenvalue weighted by molar-refractivity contribution is -0.870. The van der Waals surface area contributed by atoms with E-state index in [2.05, 4.69) is 111 Å². The fraction of sp³-hybridized carbons (Fsp3) is 0.769. The Labute approximate surface area is 544 Å². The van der Waals surface area contributed by atoms with Crippen LogP contribution in [0.4, 0.5) is 0 Å². The Kier molecular flexibility index (Phi) is 65.9. The van der Waals surface area contributed by atoms with Crippen LogP contribution in [0.1, 0.15) is 335 Å². The highest BCUT2D eigenvalue weighted by molar-refractivity contribution is 7.47. The average molecular weight is 1250 g/mol. The van der Waals surface area contributed by atoms with Gasteiger partial charge in [-0.25, -0.2) is 4.57 Å². The molecule has 0 aliphatic heterocycles. The van der Waals surface area contributed by atoms with Gasteiger partial charge in [0.1, 0.15) is 19.8 Å². The molecule has 2 unspecified atom stereocenters. The van der Waals surface area contributed by atoms with Crippen molar-refractivity contribution < 1.29 is 42.1 Å². The van der Waals surface area contributed by atoms with Crippen LogP contribution in [0.15, 0.2) is 97.2 Å². The first-order valence-corrected chi connectivity index (χ1v) is 38.5. The second-order valence-electron chi connectivity index (χ2n) is 25.9. The van der Waals surface area contributed by atoms with Crippen molar-refractivity contribution in [3.8, 4) is 0 Å². The predicted octanol–water partition coefficient (Wildman–Crippen LogP) is 24.3. The highest BCUT2D eigenvalue weighted by Gasteiger charge is 2.27. The van der Waals surface area contributed by atoms with Crippen LogP contribution in [-0.2, 0) is 32.7 Å². The molecule has 0 radical (unpaired) electrons. The minimum Gasteiger partial charge on any atom is -0.462 e. The predicted molar refractivity (Wildman–Crippen MR) is 381 cm³/mol. The van der Waals surface area contributed by atoms with Crippen LogP contribution in [0, 0.1) is 0 Å². The first-order valence-electron chi connectivity index (χ1n) is 37.0. The van der Waals surface area contributed by atoms with Crippen LogP contribution in [0.2, 0.25) is 0 Å². The fourth-order valence-corrected chi connectivity index (χ4v) is 11.2. The molecule has 0 bridgehead atoms. The van der Waals surface area contributed by atoms with Gasteiger partial charge in [-0.2, -0.15) is 0 Å². The van der Waals surface area contributed by atoms with Crippen LogP contribution < -0.4 is 0 Å². The van der Waals surface area contributed by atoms with Gasteiger partial charge in [-0.3, -0.25) is 18.6 Å². The lowest BCUT2D eigenvalue weighted by Crippen LogP contribution is -2.37. The zero-order valence-corrected chi connectivity index (χ0v) is 59.1. The Morgan fingerprint density at radius 2 is 0.648 bits per heavy atom. The molecule has 0 aromatic heterocycles. The van der Waals surface area contributed by atoms with Gasteiger partial charge in [-0.15, -0.1) is 0 Å². The van der Waals surface area contributed by atoms with E-state index in [1.807, 2.05) is 21.1 Å². The molecular weight excluding hydrogens is 1110 g/mol. The summed E-state index contributed by atoms with van der Waals surface area (Å²) in [7, 11) is 1.48. The van der Waals surface area contributed by atoms with Gasteiger partial charge in [-0.05, 0) is 96.3 Å². The number of phosphoric ester groups is 1. The molecule has 0 fully saturated rings. The van der Waals surface area contributed by atoms with E-state index in [1.54, 1.807) is 0 Å². The molecule has 1 N–H and O–H groups in total. The highest BCUT2D eigenvalue weighted by atomic mass is 31.2. The normalized spacial score (nSPS) is 13.7. The minimum absolute atomic E-state index is 0.0301. The molecule has 2 atom stereocenters. The summed E-state index contributed by atoms with van der Waals surface area (Å²) in [6.45, 7) is 4.35. The largest absolute Gasteiger partial charge is 0.472 e. The number of hydrogen-bond donors (Lipinski definition) is 1. The number of allylic oxidation sites excluding steroid dienone is 16. The summed E-state index contributed by atoms with van der Waals surface area (Å²) >= 11 is 0. The average Bonchev–Trinajstić information content (AvgIpc) is 3.68. The molecular formula is C78H141NO8P+. The number of quaternary nitrogens is 1. The maximum absolute atomic E-state index is 12.9. The van der Waals surface area contributed by atoms with Crippen molar-refractivity contribution in [1.29, 1.82) is 0 Å². The van der Waals surface area contributed by atoms with Gasteiger partial charge in [0.25, 0.3) is 0 Å². The lowest BCUT2D eigenvalue weighted by atomic mass is 10.0. The van der Waals surface area contributed by atoms with E-state index >= 15 is 0 Å². The van der Waals surface area contributed by atoms with Crippen molar-refractivity contribution in [3.05, 3.63) is 97.2 Å². The molecule has 0 saturated heterocycles. The summed E-state index contributed by atoms with van der Waals surface area (Å²) in [6.07, 6.45) is 95.2. The van der Waals surface area contributed by atoms with Crippen LogP contribution in [-0.4, -0.2) is 74.9 Å². The van der Waals surface area contributed by atoms with Crippen molar-refractivity contribution >= 4 is 19.8 Å². The quantitative estimate of drug-likeness (QED) is 0.0211. The Morgan fingerprint density at radius 3 is 0.966 bits per heavy atom. The number of ether oxygens (including phenoxy) is 2. The second kappa shape index (κ2) is 68.3. The topological polar surface area (TPSA) is 108 Å². The Bertz CT molecular complexity index is 1810. The molecule has 0 aliphatic rings. The molecule has 0 aromatic carbocycles. The zero-order chi connectivity index (χ0) is 64.1. The lowest BCUT2D eigenvalue weighted by Gasteiger charge is -2.24. The van der Waals surface area contributed by atoms with Crippen LogP contribution in [0.5, 0.6) is 0 Å². The first-order chi connectivity index (χ1) is 43.0. The van der Waals surface area contributed by atoms with Gasteiger partial charge >= 0.3 is 19.8 Å². The molecule has 0 spiro atoms. The molecule has 510 valence electrons. The van der Waals surface area contributed by atoms with E-state index in [0.717, 1.165) is 83.5 Å². The molecule has 10 heteroatoms. The van der Waals surface area contributed by atoms with E-state index < -0.39 is 26.5 Å². The Morgan fingerprint density at radius 1 is 0.364 bits per heavy atom. The number of carbonyl (C=O) groups is 2. The number of unbranched alkanes of at least 4 members (excludes halogenated alkanes) is 38. The van der Waals surface area contributed by atoms with Crippen LogP contribution >= 0.6 is 7.82 Å². The molecule has 0 aliphatic carbocycles. The number of carbonyl (C=O) groups excluding carboxylic acids is 2. The van der Waals surface area contributed by atoms with E-state index in [1.165, 1.54) is 218 Å². The van der Waals surface area contributed by atoms with Crippen molar-refractivity contribution in [2.45, 2.75) is 341 Å². The number of hydrogen-bond acceptors (Lipinski definition) is 7. The smallest absolute Gasteiger partial charge is 0.462 e. The minimum atomic E-state index is -4.40. The van der Waals surface area contributed by atoms with E-state index in [4.69, 9.17) is 18.5 Å². The first kappa shape index (κ1) is 84.9. The number of nitrogens with zero attached hydrogens (tertiary/aromatic N) is 1. The standard InChI is InChI=1S/C78H140NO8P/c1-6-8-10-12-14-16-18-20-22-24-26-28-30-32-34-36-38-39-41-42-44-46-48-50-52-54-56-58-60-62-64-66-68-70-77(80)84-74-76(75-86-88(82,83)85-73-72-79(3,4)5)87-78(81)71-69-67-65-63-61-59-57-55-53-51-49-47-45-43-40-37-35-33-31-29-27-25-23-21-19-17-15-13-11-9-7-2/h9,11,15,17-18,20-21,23-24,26-27,29-30,32-33,35,76H,6-8,10,12-14,16,19,22,25,28,31,34,36-75H2,1-5H3/p+1/b11-9-,17-15-,20-18-,23-21-,26-24-,29-27-,32-30-,35-33-. The van der Waals surface area contributed by atoms with Crippen molar-refractivity contribution in [2.24, 2.45) is 0 Å². The summed E-state index contributed by atoms with van der Waals surface area (Å²) in [6, 6.07) is 0. The number of phosphoric acid groups is 1. The van der Waals surface area contributed by atoms with E-state index in [9.17, 15) is 19.0 Å². The third-order valence-electron chi connectivity index (χ3n) is 16.1. The van der Waals surface area contributed by atoms with E-state index in [0.29, 0.717) is 17.4 Å². The Hall–Kier alpha value is -3.07. The number of likely N-dealkylation sites (N-methyl/N-ethyl adjacent to an activating group) is 1. The summed E-state index contributed by atoms with van der Waals surface area (Å²) in [4.78, 5) is 35.9. The summed E-state index contributed by atoms with van der Waals surface area (Å²) in [5, 5.41) is 0. The fourth-order valence-electron chi connectivity index (χ4n) is 10.5. The SMILES string of the molecule is CC/C=C\C/C=C\C/C=C\C/C=C\C/C=C\CCCCCCCCCCCCCCCCCC(=O)OC(COC(=O)CCCCCCCCCCCCCCCCCCCC/C=C\C/C=C\C/C=C\CCCCCCC)COP(=O)(O)OCC[N+](C)(C)C. The van der Waals surface area contributed by atoms with E-state index in [-0.39, 0.29) is 32.0 Å². The number of rotatable bonds is 68. The maximum Gasteiger partial charge on any atom is 0.472 e. The third-order valence-corrected chi connectivity index (χ3v) is 17.1. The van der Waals surface area contributed by atoms with Crippen molar-refractivity contribution in [2.75, 3.05) is 47.5 Å². The highest BCUT2D eigenvalue weighted by Crippen LogP contribution is 2.43. The molecule has 0 saturated carbocycles. The summed E-state index contributed by atoms with van der Waals surface area (Å²) in [5.41, 5.74) is 0. The van der Waals surface area contributed by atoms with Gasteiger partial charge in [0.2, 0.25) is 0 Å². The van der Waals surface area contributed by atoms with Gasteiger partial charge in [0, 0.05) is 12.8 Å². The molecule has 0 heterocycles. The molecule has 88 heavy (non-hydrogen) atoms. The third kappa shape index (κ3) is 72.0. The number of esters is 2. The summed E-state index contributed by atoms with van der Waals surface area (Å²) in [5.74, 6) is -0.786. The van der Waals surface area contributed by atoms with Crippen LogP contribution in [0.25, 0.3) is 0 Å². The second-order valence-corrected chi connectivity index (χ2v) is 27.4. The van der Waals surface area contributed by atoms with Crippen LogP contribution in [0.3, 0.4) is 0 Å². The molecule has 0 amide bonds. The van der Waals surface area contributed by atoms with Gasteiger partial charge < -0.3 is 18.9 Å². The molecule has 0 rings (SSSR count). The molecule has 0 aromatic rings. The monoisotopic (exact) mass is 1250 g/mol. The zero-order valence-electron chi connectivity index (χ0n) is 58.2. The van der Waals surface area contributed by atoms with Crippen molar-refractivity contribution in [1.82, 2.24) is 0 Å². The van der Waals surface area contributed by atoms with Gasteiger partial charge in [-0.1, -0.05) is 323 Å². The van der Waals surface area contributed by atoms with Crippen molar-refractivity contribution in [3.63, 3.8) is 0 Å². The molecule has 9 nitrogen and oxygen atoms in total. The maximum atomic E-state index is 12.9. The van der Waals surface area contributed by atoms with Gasteiger partial charge in [0.15, 0.2) is 6.10 Å².